The summed E-state index contributed by atoms with van der Waals surface area (Å²) in [4.78, 5) is 5.12. The van der Waals surface area contributed by atoms with Gasteiger partial charge in [0.15, 0.2) is 0 Å². The molecule has 0 bridgehead atoms. The van der Waals surface area contributed by atoms with Crippen LogP contribution >= 0.6 is 0 Å². The molecule has 2 N–H and O–H groups in total. The summed E-state index contributed by atoms with van der Waals surface area (Å²) >= 11 is 0. The van der Waals surface area contributed by atoms with Crippen LogP contribution in [0.4, 0.5) is 0 Å². The number of hydrogen-bond donors (Lipinski definition) is 2. The zero-order chi connectivity index (χ0) is 14.9. The first-order valence-corrected chi connectivity index (χ1v) is 8.63. The first-order chi connectivity index (χ1) is 10.3. The van der Waals surface area contributed by atoms with Crippen LogP contribution in [0.5, 0.6) is 0 Å². The number of hydrogen-bond acceptors (Lipinski definition) is 5. The van der Waals surface area contributed by atoms with Crippen LogP contribution < -0.4 is 5.32 Å². The van der Waals surface area contributed by atoms with Crippen molar-refractivity contribution in [3.05, 3.63) is 0 Å². The number of β-amino-alcohol motifs (C(OH)–C–C–N with tert-alkyl or cyclic N) is 1. The van der Waals surface area contributed by atoms with E-state index in [1.54, 1.807) is 7.11 Å². The van der Waals surface area contributed by atoms with E-state index >= 15 is 0 Å². The Morgan fingerprint density at radius 2 is 1.86 bits per heavy atom. The summed E-state index contributed by atoms with van der Waals surface area (Å²) in [6, 6.07) is 0.790. The van der Waals surface area contributed by atoms with E-state index in [-0.39, 0.29) is 6.10 Å². The van der Waals surface area contributed by atoms with Gasteiger partial charge in [-0.3, -0.25) is 0 Å². The smallest absolute Gasteiger partial charge is 0.0791 e. The van der Waals surface area contributed by atoms with Crippen LogP contribution in [0.3, 0.4) is 0 Å². The molecule has 0 saturated carbocycles. The molecule has 2 fully saturated rings. The third-order valence-electron chi connectivity index (χ3n) is 4.80. The maximum Gasteiger partial charge on any atom is 0.0791 e. The summed E-state index contributed by atoms with van der Waals surface area (Å²) in [6.07, 6.45) is 6.44. The Hall–Kier alpha value is -0.200. The zero-order valence-corrected chi connectivity index (χ0v) is 13.6. The van der Waals surface area contributed by atoms with Crippen LogP contribution in [-0.4, -0.2) is 86.6 Å². The second-order valence-corrected chi connectivity index (χ2v) is 6.48. The second-order valence-electron chi connectivity index (χ2n) is 6.48. The number of piperidine rings is 2. The molecule has 2 aliphatic rings. The molecule has 1 atom stereocenters. The lowest BCUT2D eigenvalue weighted by Gasteiger charge is -2.40. The van der Waals surface area contributed by atoms with Gasteiger partial charge in [0.05, 0.1) is 12.7 Å². The van der Waals surface area contributed by atoms with Crippen molar-refractivity contribution in [2.24, 2.45) is 0 Å². The lowest BCUT2D eigenvalue weighted by atomic mass is 9.99. The number of ether oxygens (including phenoxy) is 1. The highest BCUT2D eigenvalue weighted by molar-refractivity contribution is 4.82. The molecule has 5 heteroatoms. The normalized spacial score (nSPS) is 24.3. The van der Waals surface area contributed by atoms with Crippen molar-refractivity contribution in [2.45, 2.75) is 44.2 Å². The summed E-state index contributed by atoms with van der Waals surface area (Å²) in [6.45, 7) is 7.85. The standard InChI is InChI=1S/C16H33N3O2/c1-21-12-7-17-13-16(20)14-18-10-5-15(6-11-18)19-8-3-2-4-9-19/h15-17,20H,2-14H2,1H3. The highest BCUT2D eigenvalue weighted by Crippen LogP contribution is 2.20. The van der Waals surface area contributed by atoms with Gasteiger partial charge in [0.2, 0.25) is 0 Å². The Kier molecular flexibility index (Phi) is 7.96. The van der Waals surface area contributed by atoms with Gasteiger partial charge in [-0.25, -0.2) is 0 Å². The molecule has 0 spiro atoms. The SMILES string of the molecule is COCCNCC(O)CN1CCC(N2CCCCC2)CC1. The van der Waals surface area contributed by atoms with Crippen LogP contribution in [-0.2, 0) is 4.74 Å². The van der Waals surface area contributed by atoms with Gasteiger partial charge in [-0.05, 0) is 51.9 Å². The Labute approximate surface area is 129 Å². The first kappa shape index (κ1) is 17.2. The first-order valence-electron chi connectivity index (χ1n) is 8.63. The molecule has 0 aliphatic carbocycles. The van der Waals surface area contributed by atoms with E-state index < -0.39 is 0 Å². The third kappa shape index (κ3) is 6.20. The molecular formula is C16H33N3O2. The molecule has 21 heavy (non-hydrogen) atoms. The number of methoxy groups -OCH3 is 1. The number of aliphatic hydroxyl groups excluding tert-OH is 1. The summed E-state index contributed by atoms with van der Waals surface area (Å²) < 4.78 is 4.98. The minimum absolute atomic E-state index is 0.270. The van der Waals surface area contributed by atoms with Gasteiger partial charge in [-0.1, -0.05) is 6.42 Å². The average molecular weight is 299 g/mol. The number of nitrogens with zero attached hydrogens (tertiary/aromatic N) is 2. The second kappa shape index (κ2) is 9.74. The Bertz CT molecular complexity index is 264. The fraction of sp³-hybridized carbons (Fsp3) is 1.00. The number of rotatable bonds is 8. The molecular weight excluding hydrogens is 266 g/mol. The van der Waals surface area contributed by atoms with Gasteiger partial charge < -0.3 is 25.0 Å². The number of aliphatic hydroxyl groups is 1. The van der Waals surface area contributed by atoms with E-state index in [0.717, 1.165) is 32.2 Å². The van der Waals surface area contributed by atoms with Crippen LogP contribution in [0.25, 0.3) is 0 Å². The van der Waals surface area contributed by atoms with Crippen molar-refractivity contribution < 1.29 is 9.84 Å². The molecule has 124 valence electrons. The Morgan fingerprint density at radius 1 is 1.14 bits per heavy atom. The van der Waals surface area contributed by atoms with Crippen LogP contribution in [0, 0.1) is 0 Å². The topological polar surface area (TPSA) is 48.0 Å². The molecule has 5 nitrogen and oxygen atoms in total. The van der Waals surface area contributed by atoms with Gasteiger partial charge in [-0.15, -0.1) is 0 Å². The van der Waals surface area contributed by atoms with Gasteiger partial charge in [-0.2, -0.15) is 0 Å². The van der Waals surface area contributed by atoms with Gasteiger partial charge in [0, 0.05) is 32.8 Å². The van der Waals surface area contributed by atoms with E-state index in [1.807, 2.05) is 0 Å². The summed E-state index contributed by atoms with van der Waals surface area (Å²) in [7, 11) is 1.70. The fourth-order valence-corrected chi connectivity index (χ4v) is 3.56. The van der Waals surface area contributed by atoms with Crippen molar-refractivity contribution in [1.82, 2.24) is 15.1 Å². The molecule has 0 radical (unpaired) electrons. The van der Waals surface area contributed by atoms with E-state index in [9.17, 15) is 5.11 Å². The quantitative estimate of drug-likeness (QED) is 0.641. The van der Waals surface area contributed by atoms with Crippen LogP contribution in [0.2, 0.25) is 0 Å². The van der Waals surface area contributed by atoms with Crippen molar-refractivity contribution >= 4 is 0 Å². The molecule has 2 saturated heterocycles. The Morgan fingerprint density at radius 3 is 2.52 bits per heavy atom. The third-order valence-corrected chi connectivity index (χ3v) is 4.80. The van der Waals surface area contributed by atoms with Crippen LogP contribution in [0.1, 0.15) is 32.1 Å². The predicted molar refractivity (Wildman–Crippen MR) is 85.6 cm³/mol. The summed E-state index contributed by atoms with van der Waals surface area (Å²) in [5.41, 5.74) is 0. The fourth-order valence-electron chi connectivity index (χ4n) is 3.56. The maximum absolute atomic E-state index is 10.1. The molecule has 2 heterocycles. The number of likely N-dealkylation sites (tertiary alicyclic amines) is 2. The predicted octanol–water partition coefficient (Wildman–Crippen LogP) is 0.534. The molecule has 0 aromatic rings. The molecule has 0 aromatic carbocycles. The van der Waals surface area contributed by atoms with Crippen molar-refractivity contribution in [2.75, 3.05) is 59.5 Å². The van der Waals surface area contributed by atoms with E-state index in [4.69, 9.17) is 4.74 Å². The largest absolute Gasteiger partial charge is 0.390 e. The van der Waals surface area contributed by atoms with Gasteiger partial charge in [0.1, 0.15) is 0 Å². The Balaban J connectivity index is 1.57. The van der Waals surface area contributed by atoms with Crippen molar-refractivity contribution in [3.8, 4) is 0 Å². The van der Waals surface area contributed by atoms with E-state index in [2.05, 4.69) is 15.1 Å². The lowest BCUT2D eigenvalue weighted by Crippen LogP contribution is -2.49. The number of nitrogens with one attached hydrogen (secondary N) is 1. The zero-order valence-electron chi connectivity index (χ0n) is 13.6. The summed E-state index contributed by atoms with van der Waals surface area (Å²) in [5, 5.41) is 13.3. The van der Waals surface area contributed by atoms with Crippen molar-refractivity contribution in [3.63, 3.8) is 0 Å². The highest BCUT2D eigenvalue weighted by atomic mass is 16.5. The van der Waals surface area contributed by atoms with E-state index in [0.29, 0.717) is 13.2 Å². The average Bonchev–Trinajstić information content (AvgIpc) is 2.53. The monoisotopic (exact) mass is 299 g/mol. The minimum Gasteiger partial charge on any atom is -0.390 e. The van der Waals surface area contributed by atoms with E-state index in [1.165, 1.54) is 45.2 Å². The minimum atomic E-state index is -0.270. The molecule has 2 aliphatic heterocycles. The lowest BCUT2D eigenvalue weighted by molar-refractivity contribution is 0.0597. The highest BCUT2D eigenvalue weighted by Gasteiger charge is 2.26. The molecule has 0 aromatic heterocycles. The van der Waals surface area contributed by atoms with Crippen molar-refractivity contribution in [1.29, 1.82) is 0 Å². The molecule has 2 rings (SSSR count). The molecule has 0 amide bonds. The van der Waals surface area contributed by atoms with Gasteiger partial charge in [0.25, 0.3) is 0 Å². The van der Waals surface area contributed by atoms with Gasteiger partial charge >= 0.3 is 0 Å². The van der Waals surface area contributed by atoms with Crippen LogP contribution in [0.15, 0.2) is 0 Å². The molecule has 1 unspecified atom stereocenters. The summed E-state index contributed by atoms with van der Waals surface area (Å²) in [5.74, 6) is 0. The maximum atomic E-state index is 10.1.